The van der Waals surface area contributed by atoms with E-state index < -0.39 is 0 Å². The summed E-state index contributed by atoms with van der Waals surface area (Å²) in [5, 5.41) is 9.45. The molecule has 0 saturated heterocycles. The summed E-state index contributed by atoms with van der Waals surface area (Å²) in [7, 11) is 1.95. The Morgan fingerprint density at radius 3 is 2.30 bits per heavy atom. The molecule has 0 unspecified atom stereocenters. The molecule has 1 heterocycles. The zero-order valence-electron chi connectivity index (χ0n) is 18.8. The van der Waals surface area contributed by atoms with Gasteiger partial charge in [-0.3, -0.25) is 4.79 Å². The Morgan fingerprint density at radius 1 is 1.00 bits per heavy atom. The largest absolute Gasteiger partial charge is 0.305 e. The first-order valence-electron chi connectivity index (χ1n) is 10.5. The van der Waals surface area contributed by atoms with Crippen LogP contribution in [0, 0.1) is 0 Å². The number of benzene rings is 2. The number of hydrogen-bond acceptors (Lipinski definition) is 4. The smallest absolute Gasteiger partial charge is 0.191 e. The van der Waals surface area contributed by atoms with Crippen LogP contribution < -0.4 is 0 Å². The van der Waals surface area contributed by atoms with Crippen molar-refractivity contribution in [3.05, 3.63) is 64.7 Å². The zero-order valence-corrected chi connectivity index (χ0v) is 19.6. The minimum atomic E-state index is 0.117. The highest BCUT2D eigenvalue weighted by Gasteiger charge is 2.17. The van der Waals surface area contributed by atoms with Gasteiger partial charge in [-0.05, 0) is 41.0 Å². The fourth-order valence-electron chi connectivity index (χ4n) is 3.43. The predicted octanol–water partition coefficient (Wildman–Crippen LogP) is 5.88. The zero-order chi connectivity index (χ0) is 21.9. The molecule has 5 heteroatoms. The molecule has 0 aliphatic heterocycles. The summed E-state index contributed by atoms with van der Waals surface area (Å²) in [6.07, 6.45) is 1.78. The van der Waals surface area contributed by atoms with E-state index in [0.717, 1.165) is 40.5 Å². The Labute approximate surface area is 184 Å². The summed E-state index contributed by atoms with van der Waals surface area (Å²) < 4.78 is 1.97. The van der Waals surface area contributed by atoms with E-state index in [0.29, 0.717) is 5.75 Å². The van der Waals surface area contributed by atoms with Crippen molar-refractivity contribution >= 4 is 17.5 Å². The fourth-order valence-corrected chi connectivity index (χ4v) is 4.22. The van der Waals surface area contributed by atoms with Crippen LogP contribution in [0.3, 0.4) is 0 Å². The second kappa shape index (κ2) is 9.17. The summed E-state index contributed by atoms with van der Waals surface area (Å²) in [6, 6.07) is 14.7. The molecule has 158 valence electrons. The normalized spacial score (nSPS) is 11.7. The molecule has 0 radical (unpaired) electrons. The van der Waals surface area contributed by atoms with Crippen molar-refractivity contribution in [2.45, 2.75) is 58.0 Å². The Morgan fingerprint density at radius 2 is 1.70 bits per heavy atom. The van der Waals surface area contributed by atoms with Gasteiger partial charge < -0.3 is 4.57 Å². The lowest BCUT2D eigenvalue weighted by Crippen LogP contribution is -2.10. The predicted molar refractivity (Wildman–Crippen MR) is 125 cm³/mol. The van der Waals surface area contributed by atoms with E-state index in [1.54, 1.807) is 0 Å². The number of aryl methyl sites for hydroxylation is 2. The van der Waals surface area contributed by atoms with E-state index in [1.165, 1.54) is 22.9 Å². The molecule has 3 aromatic rings. The van der Waals surface area contributed by atoms with Gasteiger partial charge in [-0.15, -0.1) is 10.2 Å². The highest BCUT2D eigenvalue weighted by molar-refractivity contribution is 7.99. The first kappa shape index (κ1) is 22.3. The van der Waals surface area contributed by atoms with Crippen molar-refractivity contribution in [3.63, 3.8) is 0 Å². The number of aromatic nitrogens is 3. The molecule has 1 aromatic heterocycles. The van der Waals surface area contributed by atoms with Crippen molar-refractivity contribution in [2.24, 2.45) is 7.05 Å². The van der Waals surface area contributed by atoms with Crippen LogP contribution in [0.1, 0.15) is 61.7 Å². The Kier molecular flexibility index (Phi) is 6.81. The number of Topliss-reactive ketones (excluding diaryl/α,β-unsaturated/α-hetero) is 1. The highest BCUT2D eigenvalue weighted by atomic mass is 32.2. The van der Waals surface area contributed by atoms with Crippen molar-refractivity contribution in [2.75, 3.05) is 5.75 Å². The third-order valence-corrected chi connectivity index (χ3v) is 6.46. The van der Waals surface area contributed by atoms with Crippen LogP contribution in [-0.2, 0) is 25.3 Å². The van der Waals surface area contributed by atoms with E-state index in [2.05, 4.69) is 81.2 Å². The van der Waals surface area contributed by atoms with Crippen molar-refractivity contribution in [3.8, 4) is 11.4 Å². The maximum Gasteiger partial charge on any atom is 0.191 e. The number of rotatable bonds is 7. The summed E-state index contributed by atoms with van der Waals surface area (Å²) in [5.41, 5.74) is 5.57. The van der Waals surface area contributed by atoms with Crippen LogP contribution in [0.2, 0.25) is 0 Å². The summed E-state index contributed by atoms with van der Waals surface area (Å²) in [6.45, 7) is 10.8. The van der Waals surface area contributed by atoms with Crippen LogP contribution in [0.25, 0.3) is 11.4 Å². The van der Waals surface area contributed by atoms with Crippen molar-refractivity contribution < 1.29 is 4.79 Å². The van der Waals surface area contributed by atoms with Crippen LogP contribution in [0.5, 0.6) is 0 Å². The van der Waals surface area contributed by atoms with Gasteiger partial charge in [-0.2, -0.15) is 0 Å². The van der Waals surface area contributed by atoms with E-state index in [-0.39, 0.29) is 11.2 Å². The van der Waals surface area contributed by atoms with Gasteiger partial charge in [0.05, 0.1) is 5.75 Å². The van der Waals surface area contributed by atoms with Crippen LogP contribution >= 0.6 is 11.8 Å². The topological polar surface area (TPSA) is 47.8 Å². The maximum atomic E-state index is 12.9. The molecular formula is C25H31N3OS. The molecular weight excluding hydrogens is 390 g/mol. The molecule has 0 N–H and O–H groups in total. The molecule has 0 amide bonds. The fraction of sp³-hybridized carbons (Fsp3) is 0.400. The van der Waals surface area contributed by atoms with E-state index in [9.17, 15) is 4.79 Å². The number of ketones is 1. The maximum absolute atomic E-state index is 12.9. The number of nitrogens with zero attached hydrogens (tertiary/aromatic N) is 3. The van der Waals surface area contributed by atoms with Gasteiger partial charge in [0, 0.05) is 18.2 Å². The average Bonchev–Trinajstić information content (AvgIpc) is 3.11. The molecule has 0 aliphatic carbocycles. The molecule has 3 rings (SSSR count). The van der Waals surface area contributed by atoms with E-state index in [4.69, 9.17) is 0 Å². The molecule has 0 bridgehead atoms. The first-order chi connectivity index (χ1) is 14.2. The monoisotopic (exact) mass is 421 g/mol. The van der Waals surface area contributed by atoms with E-state index >= 15 is 0 Å². The summed E-state index contributed by atoms with van der Waals surface area (Å²) in [4.78, 5) is 12.9. The molecule has 0 spiro atoms. The second-order valence-corrected chi connectivity index (χ2v) is 9.55. The number of hydrogen-bond donors (Lipinski definition) is 0. The lowest BCUT2D eigenvalue weighted by Gasteiger charge is -2.19. The standard InChI is InChI=1S/C25H31N3OS/c1-7-17-9-10-18(8-2)21(15-17)22(29)16-30-24-27-26-23(28(24)6)19-11-13-20(14-12-19)25(3,4)5/h9-15H,7-8,16H2,1-6H3. The average molecular weight is 422 g/mol. The van der Waals surface area contributed by atoms with Gasteiger partial charge in [0.25, 0.3) is 0 Å². The molecule has 4 nitrogen and oxygen atoms in total. The number of thioether (sulfide) groups is 1. The van der Waals surface area contributed by atoms with Crippen LogP contribution in [0.4, 0.5) is 0 Å². The van der Waals surface area contributed by atoms with Crippen LogP contribution in [-0.4, -0.2) is 26.3 Å². The molecule has 0 fully saturated rings. The minimum absolute atomic E-state index is 0.117. The molecule has 2 aromatic carbocycles. The van der Waals surface area contributed by atoms with Gasteiger partial charge in [0.2, 0.25) is 0 Å². The lowest BCUT2D eigenvalue weighted by atomic mass is 9.87. The molecule has 30 heavy (non-hydrogen) atoms. The lowest BCUT2D eigenvalue weighted by molar-refractivity contribution is 0.102. The van der Waals surface area contributed by atoms with Gasteiger partial charge >= 0.3 is 0 Å². The Balaban J connectivity index is 1.75. The Hall–Kier alpha value is -2.40. The third-order valence-electron chi connectivity index (χ3n) is 5.44. The minimum Gasteiger partial charge on any atom is -0.305 e. The van der Waals surface area contributed by atoms with Crippen molar-refractivity contribution in [1.82, 2.24) is 14.8 Å². The quantitative estimate of drug-likeness (QED) is 0.353. The van der Waals surface area contributed by atoms with Gasteiger partial charge in [-0.1, -0.05) is 82.8 Å². The third kappa shape index (κ3) is 4.84. The van der Waals surface area contributed by atoms with Gasteiger partial charge in [0.15, 0.2) is 16.8 Å². The van der Waals surface area contributed by atoms with Crippen molar-refractivity contribution in [1.29, 1.82) is 0 Å². The first-order valence-corrected chi connectivity index (χ1v) is 11.5. The van der Waals surface area contributed by atoms with Gasteiger partial charge in [-0.25, -0.2) is 0 Å². The summed E-state index contributed by atoms with van der Waals surface area (Å²) >= 11 is 1.45. The SMILES string of the molecule is CCc1ccc(CC)c(C(=O)CSc2nnc(-c3ccc(C(C)(C)C)cc3)n2C)c1. The van der Waals surface area contributed by atoms with Gasteiger partial charge in [0.1, 0.15) is 0 Å². The highest BCUT2D eigenvalue weighted by Crippen LogP contribution is 2.27. The number of carbonyl (C=O) groups is 1. The summed E-state index contributed by atoms with van der Waals surface area (Å²) in [5.74, 6) is 1.31. The second-order valence-electron chi connectivity index (χ2n) is 8.60. The van der Waals surface area contributed by atoms with E-state index in [1.807, 2.05) is 17.7 Å². The van der Waals surface area contributed by atoms with Crippen LogP contribution in [0.15, 0.2) is 47.6 Å². The molecule has 0 aliphatic rings. The Bertz CT molecular complexity index is 1030. The number of carbonyl (C=O) groups excluding carboxylic acids is 1. The molecule has 0 atom stereocenters. The molecule has 0 saturated carbocycles.